The quantitative estimate of drug-likeness (QED) is 0.748. The number of aryl methyl sites for hydroxylation is 1. The van der Waals surface area contributed by atoms with Crippen molar-refractivity contribution in [1.82, 2.24) is 15.1 Å². The highest BCUT2D eigenvalue weighted by atomic mass is 32.1. The molecule has 1 aliphatic rings. The Hall–Kier alpha value is -0.970. The van der Waals surface area contributed by atoms with Crippen molar-refractivity contribution in [2.45, 2.75) is 25.7 Å². The van der Waals surface area contributed by atoms with Crippen LogP contribution in [-0.4, -0.2) is 28.0 Å². The van der Waals surface area contributed by atoms with Crippen molar-refractivity contribution in [1.29, 1.82) is 0 Å². The topological polar surface area (TPSA) is 46.9 Å². The maximum Gasteiger partial charge on any atom is 0.220 e. The minimum absolute atomic E-state index is 0.152. The van der Waals surface area contributed by atoms with E-state index in [1.165, 1.54) is 0 Å². The molecule has 4 nitrogen and oxygen atoms in total. The van der Waals surface area contributed by atoms with Crippen LogP contribution in [0, 0.1) is 5.41 Å². The van der Waals surface area contributed by atoms with Gasteiger partial charge in [-0.3, -0.25) is 9.48 Å². The number of nitrogens with one attached hydrogen (secondary N) is 1. The number of thiol groups is 1. The lowest BCUT2D eigenvalue weighted by molar-refractivity contribution is -0.122. The van der Waals surface area contributed by atoms with E-state index in [2.05, 4.69) is 23.0 Å². The zero-order valence-corrected chi connectivity index (χ0v) is 11.0. The van der Waals surface area contributed by atoms with Gasteiger partial charge in [-0.15, -0.1) is 0 Å². The van der Waals surface area contributed by atoms with Gasteiger partial charge >= 0.3 is 0 Å². The van der Waals surface area contributed by atoms with Crippen molar-refractivity contribution < 1.29 is 4.79 Å². The van der Waals surface area contributed by atoms with Crippen LogP contribution in [0.5, 0.6) is 0 Å². The van der Waals surface area contributed by atoms with Gasteiger partial charge in [-0.1, -0.05) is 0 Å². The Morgan fingerprint density at radius 2 is 2.41 bits per heavy atom. The molecule has 0 bridgehead atoms. The molecule has 1 amide bonds. The van der Waals surface area contributed by atoms with Gasteiger partial charge in [0, 0.05) is 38.3 Å². The second-order valence-corrected chi connectivity index (χ2v) is 5.20. The Balaban J connectivity index is 1.69. The van der Waals surface area contributed by atoms with Crippen LogP contribution in [0.2, 0.25) is 0 Å². The second kappa shape index (κ2) is 5.12. The van der Waals surface area contributed by atoms with Crippen LogP contribution >= 0.6 is 12.6 Å². The molecule has 0 aliphatic heterocycles. The second-order valence-electron chi connectivity index (χ2n) is 4.88. The van der Waals surface area contributed by atoms with E-state index >= 15 is 0 Å². The summed E-state index contributed by atoms with van der Waals surface area (Å²) in [6.07, 6.45) is 5.52. The summed E-state index contributed by atoms with van der Waals surface area (Å²) in [5.41, 5.74) is 1.35. The summed E-state index contributed by atoms with van der Waals surface area (Å²) in [6, 6.07) is 1.97. The largest absolute Gasteiger partial charge is 0.356 e. The molecule has 1 fully saturated rings. The SMILES string of the molecule is Cn1nccc1CCNC(=O)CC1(CS)CC1. The average molecular weight is 253 g/mol. The molecule has 1 saturated carbocycles. The molecule has 0 radical (unpaired) electrons. The molecule has 1 aromatic heterocycles. The smallest absolute Gasteiger partial charge is 0.220 e. The maximum atomic E-state index is 11.7. The molecule has 94 valence electrons. The van der Waals surface area contributed by atoms with Crippen molar-refractivity contribution in [3.63, 3.8) is 0 Å². The van der Waals surface area contributed by atoms with Crippen molar-refractivity contribution in [3.8, 4) is 0 Å². The Labute approximate surface area is 107 Å². The summed E-state index contributed by atoms with van der Waals surface area (Å²) < 4.78 is 1.84. The van der Waals surface area contributed by atoms with Gasteiger partial charge in [0.15, 0.2) is 0 Å². The normalized spacial score (nSPS) is 16.8. The first kappa shape index (κ1) is 12.5. The number of rotatable bonds is 6. The van der Waals surface area contributed by atoms with E-state index in [-0.39, 0.29) is 11.3 Å². The minimum atomic E-state index is 0.152. The van der Waals surface area contributed by atoms with Gasteiger partial charge < -0.3 is 5.32 Å². The van der Waals surface area contributed by atoms with Gasteiger partial charge in [-0.25, -0.2) is 0 Å². The lowest BCUT2D eigenvalue weighted by Crippen LogP contribution is -2.28. The van der Waals surface area contributed by atoms with Gasteiger partial charge in [-0.2, -0.15) is 17.7 Å². The number of carbonyl (C=O) groups excluding carboxylic acids is 1. The molecule has 5 heteroatoms. The summed E-state index contributed by atoms with van der Waals surface area (Å²) in [5, 5.41) is 7.06. The van der Waals surface area contributed by atoms with Gasteiger partial charge in [0.05, 0.1) is 0 Å². The van der Waals surface area contributed by atoms with Gasteiger partial charge in [0.1, 0.15) is 0 Å². The molecule has 17 heavy (non-hydrogen) atoms. The third-order valence-corrected chi connectivity index (χ3v) is 4.12. The third kappa shape index (κ3) is 3.25. The monoisotopic (exact) mass is 253 g/mol. The van der Waals surface area contributed by atoms with Gasteiger partial charge in [-0.05, 0) is 30.1 Å². The highest BCUT2D eigenvalue weighted by molar-refractivity contribution is 7.80. The standard InChI is InChI=1S/C12H19N3OS/c1-15-10(3-7-14-15)2-6-13-11(16)8-12(9-17)4-5-12/h3,7,17H,2,4-6,8-9H2,1H3,(H,13,16). The molecular formula is C12H19N3OS. The number of hydrogen-bond acceptors (Lipinski definition) is 3. The predicted molar refractivity (Wildman–Crippen MR) is 70.1 cm³/mol. The molecule has 0 atom stereocenters. The number of nitrogens with zero attached hydrogens (tertiary/aromatic N) is 2. The van der Waals surface area contributed by atoms with E-state index in [0.717, 1.165) is 30.7 Å². The number of amides is 1. The fraction of sp³-hybridized carbons (Fsp3) is 0.667. The van der Waals surface area contributed by atoms with Crippen molar-refractivity contribution in [3.05, 3.63) is 18.0 Å². The molecule has 1 heterocycles. The third-order valence-electron chi connectivity index (χ3n) is 3.45. The lowest BCUT2D eigenvalue weighted by Gasteiger charge is -2.11. The van der Waals surface area contributed by atoms with E-state index < -0.39 is 0 Å². The zero-order valence-electron chi connectivity index (χ0n) is 10.1. The molecule has 0 spiro atoms. The summed E-state index contributed by atoms with van der Waals surface area (Å²) in [4.78, 5) is 11.7. The van der Waals surface area contributed by atoms with Crippen LogP contribution in [0.15, 0.2) is 12.3 Å². The van der Waals surface area contributed by atoms with Crippen LogP contribution in [-0.2, 0) is 18.3 Å². The van der Waals surface area contributed by atoms with Crippen molar-refractivity contribution >= 4 is 18.5 Å². The molecule has 0 saturated heterocycles. The summed E-state index contributed by atoms with van der Waals surface area (Å²) >= 11 is 4.30. The number of hydrogen-bond donors (Lipinski definition) is 2. The van der Waals surface area contributed by atoms with Crippen LogP contribution in [0.25, 0.3) is 0 Å². The summed E-state index contributed by atoms with van der Waals surface area (Å²) in [5.74, 6) is 0.973. The van der Waals surface area contributed by atoms with Gasteiger partial charge in [0.25, 0.3) is 0 Å². The Morgan fingerprint density at radius 3 is 2.94 bits per heavy atom. The first-order valence-electron chi connectivity index (χ1n) is 6.00. The highest BCUT2D eigenvalue weighted by Gasteiger charge is 2.42. The van der Waals surface area contributed by atoms with E-state index in [4.69, 9.17) is 0 Å². The molecule has 0 aromatic carbocycles. The molecule has 1 N–H and O–H groups in total. The van der Waals surface area contributed by atoms with E-state index in [1.54, 1.807) is 6.20 Å². The summed E-state index contributed by atoms with van der Waals surface area (Å²) in [6.45, 7) is 0.682. The molecule has 1 aliphatic carbocycles. The number of aromatic nitrogens is 2. The first-order chi connectivity index (χ1) is 8.15. The van der Waals surface area contributed by atoms with E-state index in [0.29, 0.717) is 13.0 Å². The Kier molecular flexibility index (Phi) is 3.76. The lowest BCUT2D eigenvalue weighted by atomic mass is 10.1. The molecule has 0 unspecified atom stereocenters. The Bertz CT molecular complexity index is 398. The van der Waals surface area contributed by atoms with E-state index in [9.17, 15) is 4.79 Å². The van der Waals surface area contributed by atoms with Crippen LogP contribution in [0.3, 0.4) is 0 Å². The maximum absolute atomic E-state index is 11.7. The van der Waals surface area contributed by atoms with Crippen LogP contribution < -0.4 is 5.32 Å². The predicted octanol–water partition coefficient (Wildman–Crippen LogP) is 1.18. The molecular weight excluding hydrogens is 234 g/mol. The molecule has 2 rings (SSSR count). The van der Waals surface area contributed by atoms with Crippen LogP contribution in [0.1, 0.15) is 25.0 Å². The van der Waals surface area contributed by atoms with Gasteiger partial charge in [0.2, 0.25) is 5.91 Å². The van der Waals surface area contributed by atoms with Crippen molar-refractivity contribution in [2.75, 3.05) is 12.3 Å². The van der Waals surface area contributed by atoms with E-state index in [1.807, 2.05) is 17.8 Å². The Morgan fingerprint density at radius 1 is 1.65 bits per heavy atom. The first-order valence-corrected chi connectivity index (χ1v) is 6.63. The fourth-order valence-corrected chi connectivity index (χ4v) is 2.38. The minimum Gasteiger partial charge on any atom is -0.356 e. The van der Waals surface area contributed by atoms with Crippen molar-refractivity contribution in [2.24, 2.45) is 12.5 Å². The van der Waals surface area contributed by atoms with Crippen LogP contribution in [0.4, 0.5) is 0 Å². The molecule has 1 aromatic rings. The summed E-state index contributed by atoms with van der Waals surface area (Å²) in [7, 11) is 1.91. The number of carbonyl (C=O) groups is 1. The zero-order chi connectivity index (χ0) is 12.3. The fourth-order valence-electron chi connectivity index (χ4n) is 1.95. The highest BCUT2D eigenvalue weighted by Crippen LogP contribution is 2.49. The average Bonchev–Trinajstić information content (AvgIpc) is 2.96.